The Morgan fingerprint density at radius 1 is 1.45 bits per heavy atom. The maximum absolute atomic E-state index is 12.7. The highest BCUT2D eigenvalue weighted by Gasteiger charge is 2.43. The molecule has 1 aliphatic carbocycles. The van der Waals surface area contributed by atoms with Crippen LogP contribution in [-0.2, 0) is 9.53 Å². The van der Waals surface area contributed by atoms with E-state index in [2.05, 4.69) is 5.32 Å². The van der Waals surface area contributed by atoms with Crippen LogP contribution in [0.3, 0.4) is 0 Å². The van der Waals surface area contributed by atoms with E-state index in [0.717, 1.165) is 0 Å². The zero-order chi connectivity index (χ0) is 15.2. The SMILES string of the molecule is COCC(CCCl)NC(=O)C1CCCC(C(F)(F)F)C1. The summed E-state index contributed by atoms with van der Waals surface area (Å²) in [6.45, 7) is 0.313. The van der Waals surface area contributed by atoms with Crippen LogP contribution in [-0.4, -0.2) is 37.7 Å². The van der Waals surface area contributed by atoms with Crippen LogP contribution in [0.15, 0.2) is 0 Å². The van der Waals surface area contributed by atoms with Crippen LogP contribution in [0.2, 0.25) is 0 Å². The largest absolute Gasteiger partial charge is 0.391 e. The minimum atomic E-state index is -4.21. The molecule has 1 aliphatic rings. The molecule has 3 atom stereocenters. The second kappa shape index (κ2) is 8.08. The molecule has 0 radical (unpaired) electrons. The standard InChI is InChI=1S/C13H21ClF3NO2/c1-20-8-11(5-6-14)18-12(19)9-3-2-4-10(7-9)13(15,16)17/h9-11H,2-8H2,1H3,(H,18,19). The van der Waals surface area contributed by atoms with Gasteiger partial charge in [-0.1, -0.05) is 6.42 Å². The fraction of sp³-hybridized carbons (Fsp3) is 0.923. The zero-order valence-electron chi connectivity index (χ0n) is 11.5. The first-order valence-electron chi connectivity index (χ1n) is 6.80. The van der Waals surface area contributed by atoms with Gasteiger partial charge in [-0.25, -0.2) is 0 Å². The molecule has 0 spiro atoms. The number of rotatable bonds is 6. The Bertz CT molecular complexity index is 306. The maximum Gasteiger partial charge on any atom is 0.391 e. The lowest BCUT2D eigenvalue weighted by Gasteiger charge is -2.30. The van der Waals surface area contributed by atoms with Gasteiger partial charge in [0.15, 0.2) is 0 Å². The minimum absolute atomic E-state index is 0.115. The number of hydrogen-bond donors (Lipinski definition) is 1. The highest BCUT2D eigenvalue weighted by atomic mass is 35.5. The van der Waals surface area contributed by atoms with Crippen LogP contribution >= 0.6 is 11.6 Å². The molecule has 1 saturated carbocycles. The molecule has 20 heavy (non-hydrogen) atoms. The second-order valence-corrected chi connectivity index (χ2v) is 5.62. The fourth-order valence-corrected chi connectivity index (χ4v) is 2.84. The number of carbonyl (C=O) groups is 1. The molecule has 3 nitrogen and oxygen atoms in total. The van der Waals surface area contributed by atoms with Crippen molar-refractivity contribution in [2.45, 2.75) is 44.3 Å². The number of methoxy groups -OCH3 is 1. The van der Waals surface area contributed by atoms with Crippen molar-refractivity contribution in [1.29, 1.82) is 0 Å². The number of carbonyl (C=O) groups excluding carboxylic acids is 1. The molecular formula is C13H21ClF3NO2. The van der Waals surface area contributed by atoms with Gasteiger partial charge in [0.2, 0.25) is 5.91 Å². The van der Waals surface area contributed by atoms with Crippen molar-refractivity contribution in [2.24, 2.45) is 11.8 Å². The first kappa shape index (κ1) is 17.6. The van der Waals surface area contributed by atoms with Crippen LogP contribution in [0.5, 0.6) is 0 Å². The summed E-state index contributed by atoms with van der Waals surface area (Å²) in [5.41, 5.74) is 0. The quantitative estimate of drug-likeness (QED) is 0.765. The van der Waals surface area contributed by atoms with Crippen LogP contribution in [0.25, 0.3) is 0 Å². The highest BCUT2D eigenvalue weighted by Crippen LogP contribution is 2.39. The van der Waals surface area contributed by atoms with Crippen LogP contribution in [0.1, 0.15) is 32.1 Å². The van der Waals surface area contributed by atoms with E-state index in [1.54, 1.807) is 0 Å². The van der Waals surface area contributed by atoms with Crippen molar-refractivity contribution >= 4 is 17.5 Å². The molecule has 118 valence electrons. The Hall–Kier alpha value is -0.490. The Morgan fingerprint density at radius 2 is 2.15 bits per heavy atom. The number of hydrogen-bond acceptors (Lipinski definition) is 2. The number of nitrogens with one attached hydrogen (secondary N) is 1. The molecule has 7 heteroatoms. The number of alkyl halides is 4. The van der Waals surface area contributed by atoms with Crippen molar-refractivity contribution < 1.29 is 22.7 Å². The Kier molecular flexibility index (Phi) is 7.09. The van der Waals surface area contributed by atoms with E-state index in [4.69, 9.17) is 16.3 Å². The van der Waals surface area contributed by atoms with Crippen molar-refractivity contribution in [1.82, 2.24) is 5.32 Å². The molecule has 0 heterocycles. The third-order valence-corrected chi connectivity index (χ3v) is 3.90. The van der Waals surface area contributed by atoms with E-state index in [1.807, 2.05) is 0 Å². The van der Waals surface area contributed by atoms with Gasteiger partial charge in [0.25, 0.3) is 0 Å². The topological polar surface area (TPSA) is 38.3 Å². The maximum atomic E-state index is 12.7. The fourth-order valence-electron chi connectivity index (χ4n) is 2.57. The Labute approximate surface area is 122 Å². The van der Waals surface area contributed by atoms with Gasteiger partial charge in [0, 0.05) is 18.9 Å². The van der Waals surface area contributed by atoms with Gasteiger partial charge in [0.05, 0.1) is 18.6 Å². The van der Waals surface area contributed by atoms with Crippen molar-refractivity contribution in [3.05, 3.63) is 0 Å². The molecule has 0 aromatic heterocycles. The smallest absolute Gasteiger partial charge is 0.383 e. The van der Waals surface area contributed by atoms with Gasteiger partial charge in [-0.15, -0.1) is 11.6 Å². The van der Waals surface area contributed by atoms with Crippen LogP contribution in [0.4, 0.5) is 13.2 Å². The average molecular weight is 316 g/mol. The summed E-state index contributed by atoms with van der Waals surface area (Å²) in [4.78, 5) is 12.1. The molecule has 0 saturated heterocycles. The number of halogens is 4. The molecule has 0 aliphatic heterocycles. The molecule has 1 amide bonds. The van der Waals surface area contributed by atoms with Crippen LogP contribution in [0, 0.1) is 11.8 Å². The van der Waals surface area contributed by atoms with E-state index in [-0.39, 0.29) is 24.8 Å². The molecule has 0 aromatic rings. The number of amides is 1. The van der Waals surface area contributed by atoms with E-state index in [9.17, 15) is 18.0 Å². The van der Waals surface area contributed by atoms with Gasteiger partial charge >= 0.3 is 6.18 Å². The first-order chi connectivity index (χ1) is 9.38. The van der Waals surface area contributed by atoms with Gasteiger partial charge in [-0.05, 0) is 25.7 Å². The van der Waals surface area contributed by atoms with E-state index >= 15 is 0 Å². The molecule has 1 fully saturated rings. The first-order valence-corrected chi connectivity index (χ1v) is 7.34. The van der Waals surface area contributed by atoms with Crippen molar-refractivity contribution in [3.8, 4) is 0 Å². The van der Waals surface area contributed by atoms with Gasteiger partial charge < -0.3 is 10.1 Å². The Balaban J connectivity index is 2.53. The average Bonchev–Trinajstić information content (AvgIpc) is 2.38. The van der Waals surface area contributed by atoms with Gasteiger partial charge in [-0.3, -0.25) is 4.79 Å². The van der Waals surface area contributed by atoms with Crippen molar-refractivity contribution in [2.75, 3.05) is 19.6 Å². The predicted molar refractivity (Wildman–Crippen MR) is 70.6 cm³/mol. The van der Waals surface area contributed by atoms with Gasteiger partial charge in [-0.2, -0.15) is 13.2 Å². The second-order valence-electron chi connectivity index (χ2n) is 5.24. The summed E-state index contributed by atoms with van der Waals surface area (Å²) >= 11 is 5.63. The normalized spacial score (nSPS) is 25.2. The van der Waals surface area contributed by atoms with E-state index < -0.39 is 18.0 Å². The minimum Gasteiger partial charge on any atom is -0.383 e. The highest BCUT2D eigenvalue weighted by molar-refractivity contribution is 6.17. The lowest BCUT2D eigenvalue weighted by atomic mass is 9.80. The lowest BCUT2D eigenvalue weighted by molar-refractivity contribution is -0.186. The molecule has 0 bridgehead atoms. The molecule has 1 rings (SSSR count). The molecule has 0 aromatic carbocycles. The lowest BCUT2D eigenvalue weighted by Crippen LogP contribution is -2.44. The summed E-state index contributed by atoms with van der Waals surface area (Å²) in [5, 5.41) is 2.74. The van der Waals surface area contributed by atoms with E-state index in [0.29, 0.717) is 31.7 Å². The third-order valence-electron chi connectivity index (χ3n) is 3.68. The Morgan fingerprint density at radius 3 is 2.70 bits per heavy atom. The summed E-state index contributed by atoms with van der Waals surface area (Å²) < 4.78 is 43.1. The van der Waals surface area contributed by atoms with Gasteiger partial charge in [0.1, 0.15) is 0 Å². The summed E-state index contributed by atoms with van der Waals surface area (Å²) in [6.07, 6.45) is -2.71. The zero-order valence-corrected chi connectivity index (χ0v) is 12.3. The molecule has 3 unspecified atom stereocenters. The third kappa shape index (κ3) is 5.48. The summed E-state index contributed by atoms with van der Waals surface area (Å²) in [5.74, 6) is -1.87. The monoisotopic (exact) mass is 315 g/mol. The summed E-state index contributed by atoms with van der Waals surface area (Å²) in [6, 6.07) is -0.240. The van der Waals surface area contributed by atoms with Crippen LogP contribution < -0.4 is 5.32 Å². The van der Waals surface area contributed by atoms with E-state index in [1.165, 1.54) is 7.11 Å². The predicted octanol–water partition coefficient (Wildman–Crippen LogP) is 3.12. The number of ether oxygens (including phenoxy) is 1. The molecule has 1 N–H and O–H groups in total. The summed E-state index contributed by atoms with van der Waals surface area (Å²) in [7, 11) is 1.51. The molecular weight excluding hydrogens is 295 g/mol. The van der Waals surface area contributed by atoms with Crippen molar-refractivity contribution in [3.63, 3.8) is 0 Å².